The van der Waals surface area contributed by atoms with Crippen molar-refractivity contribution in [3.05, 3.63) is 33.4 Å². The van der Waals surface area contributed by atoms with Gasteiger partial charge in [-0.15, -0.1) is 0 Å². The lowest BCUT2D eigenvalue weighted by atomic mass is 10.1. The topological polar surface area (TPSA) is 141 Å². The first-order valence-electron chi connectivity index (χ1n) is 4.94. The van der Waals surface area contributed by atoms with Crippen LogP contribution in [0.4, 0.5) is 11.4 Å². The Morgan fingerprint density at radius 2 is 2.06 bits per heavy atom. The molecule has 0 aliphatic heterocycles. The molecular weight excluding hydrogens is 240 g/mol. The number of anilines is 1. The Kier molecular flexibility index (Phi) is 3.82. The van der Waals surface area contributed by atoms with Crippen LogP contribution >= 0.6 is 0 Å². The maximum absolute atomic E-state index is 11.7. The summed E-state index contributed by atoms with van der Waals surface area (Å²) in [5.74, 6) is -1.32. The highest BCUT2D eigenvalue weighted by Gasteiger charge is 2.18. The van der Waals surface area contributed by atoms with Gasteiger partial charge >= 0.3 is 0 Å². The van der Waals surface area contributed by atoms with E-state index >= 15 is 0 Å². The van der Waals surface area contributed by atoms with E-state index in [2.05, 4.69) is 5.32 Å². The van der Waals surface area contributed by atoms with E-state index in [1.807, 2.05) is 0 Å². The molecule has 0 saturated carbocycles. The average molecular weight is 252 g/mol. The third-order valence-electron chi connectivity index (χ3n) is 2.24. The van der Waals surface area contributed by atoms with E-state index in [1.54, 1.807) is 6.92 Å². The van der Waals surface area contributed by atoms with Gasteiger partial charge in [0.2, 0.25) is 5.91 Å². The van der Waals surface area contributed by atoms with Gasteiger partial charge in [0.1, 0.15) is 5.69 Å². The molecule has 0 aliphatic rings. The number of nitro groups is 1. The third kappa shape index (κ3) is 2.94. The van der Waals surface area contributed by atoms with Crippen molar-refractivity contribution in [1.29, 1.82) is 0 Å². The summed E-state index contributed by atoms with van der Waals surface area (Å²) in [5, 5.41) is 12.9. The Balaban J connectivity index is 3.08. The number of aryl methyl sites for hydroxylation is 1. The number of rotatable bonds is 4. The number of nitrogen functional groups attached to an aromatic ring is 1. The Labute approximate surface area is 102 Å². The van der Waals surface area contributed by atoms with Crippen molar-refractivity contribution >= 4 is 23.2 Å². The first-order valence-corrected chi connectivity index (χ1v) is 4.94. The molecule has 0 aromatic heterocycles. The molecule has 18 heavy (non-hydrogen) atoms. The Hall–Kier alpha value is -2.64. The van der Waals surface area contributed by atoms with Crippen LogP contribution in [0.15, 0.2) is 12.1 Å². The van der Waals surface area contributed by atoms with Gasteiger partial charge in [0, 0.05) is 11.6 Å². The maximum atomic E-state index is 11.7. The number of amides is 2. The summed E-state index contributed by atoms with van der Waals surface area (Å²) >= 11 is 0. The quantitative estimate of drug-likeness (QED) is 0.383. The van der Waals surface area contributed by atoms with E-state index in [-0.39, 0.29) is 23.5 Å². The van der Waals surface area contributed by atoms with Gasteiger partial charge < -0.3 is 16.8 Å². The highest BCUT2D eigenvalue weighted by molar-refractivity contribution is 5.98. The fourth-order valence-electron chi connectivity index (χ4n) is 1.38. The number of carbonyl (C=O) groups excluding carboxylic acids is 2. The molecule has 1 rings (SSSR count). The van der Waals surface area contributed by atoms with Crippen molar-refractivity contribution < 1.29 is 14.5 Å². The van der Waals surface area contributed by atoms with Gasteiger partial charge in [0.05, 0.1) is 11.5 Å². The van der Waals surface area contributed by atoms with Crippen LogP contribution < -0.4 is 16.8 Å². The van der Waals surface area contributed by atoms with E-state index in [0.717, 1.165) is 6.07 Å². The summed E-state index contributed by atoms with van der Waals surface area (Å²) in [5.41, 5.74) is 10.5. The normalized spacial score (nSPS) is 9.83. The second kappa shape index (κ2) is 5.13. The minimum atomic E-state index is -0.703. The first kappa shape index (κ1) is 13.4. The van der Waals surface area contributed by atoms with E-state index in [0.29, 0.717) is 5.56 Å². The Morgan fingerprint density at radius 1 is 1.44 bits per heavy atom. The molecule has 0 spiro atoms. The van der Waals surface area contributed by atoms with Crippen LogP contribution in [0, 0.1) is 17.0 Å². The van der Waals surface area contributed by atoms with Crippen LogP contribution in [0.1, 0.15) is 15.9 Å². The van der Waals surface area contributed by atoms with Crippen LogP contribution in [0.2, 0.25) is 0 Å². The minimum Gasteiger partial charge on any atom is -0.393 e. The second-order valence-electron chi connectivity index (χ2n) is 3.63. The standard InChI is InChI=1S/C10H12N4O4/c1-5-2-7(11)8(14(17)18)3-6(5)10(16)13-4-9(12)15/h2-3H,4,11H2,1H3,(H2,12,15)(H,13,16). The van der Waals surface area contributed by atoms with Crippen molar-refractivity contribution in [2.75, 3.05) is 12.3 Å². The second-order valence-corrected chi connectivity index (χ2v) is 3.63. The number of nitrogens with one attached hydrogen (secondary N) is 1. The molecule has 8 nitrogen and oxygen atoms in total. The minimum absolute atomic E-state index is 0.0241. The van der Waals surface area contributed by atoms with Crippen molar-refractivity contribution in [3.8, 4) is 0 Å². The smallest absolute Gasteiger partial charge is 0.292 e. The van der Waals surface area contributed by atoms with Gasteiger partial charge in [-0.05, 0) is 18.6 Å². The molecule has 0 saturated heterocycles. The monoisotopic (exact) mass is 252 g/mol. The van der Waals surface area contributed by atoms with Crippen molar-refractivity contribution in [2.24, 2.45) is 5.73 Å². The highest BCUT2D eigenvalue weighted by Crippen LogP contribution is 2.25. The predicted octanol–water partition coefficient (Wildman–Crippen LogP) is -0.299. The first-order chi connectivity index (χ1) is 8.32. The van der Waals surface area contributed by atoms with E-state index in [4.69, 9.17) is 11.5 Å². The van der Waals surface area contributed by atoms with Crippen LogP contribution in [-0.2, 0) is 4.79 Å². The zero-order valence-corrected chi connectivity index (χ0v) is 9.60. The lowest BCUT2D eigenvalue weighted by molar-refractivity contribution is -0.383. The van der Waals surface area contributed by atoms with Crippen LogP contribution in [0.25, 0.3) is 0 Å². The molecule has 96 valence electrons. The molecule has 0 heterocycles. The van der Waals surface area contributed by atoms with Crippen molar-refractivity contribution in [3.63, 3.8) is 0 Å². The summed E-state index contributed by atoms with van der Waals surface area (Å²) in [6, 6.07) is 2.40. The van der Waals surface area contributed by atoms with E-state index < -0.39 is 16.7 Å². The summed E-state index contributed by atoms with van der Waals surface area (Å²) in [6.07, 6.45) is 0. The molecule has 8 heteroatoms. The molecule has 1 aromatic rings. The molecule has 0 bridgehead atoms. The van der Waals surface area contributed by atoms with Crippen LogP contribution in [0.3, 0.4) is 0 Å². The molecule has 2 amide bonds. The van der Waals surface area contributed by atoms with Gasteiger partial charge in [0.15, 0.2) is 0 Å². The number of hydrogen-bond donors (Lipinski definition) is 3. The number of benzene rings is 1. The van der Waals surface area contributed by atoms with Crippen molar-refractivity contribution in [1.82, 2.24) is 5.32 Å². The highest BCUT2D eigenvalue weighted by atomic mass is 16.6. The van der Waals surface area contributed by atoms with Crippen LogP contribution in [0.5, 0.6) is 0 Å². The lowest BCUT2D eigenvalue weighted by Gasteiger charge is -2.07. The number of primary amides is 1. The number of nitro benzene ring substituents is 1. The number of nitrogens with two attached hydrogens (primary N) is 2. The zero-order valence-electron chi connectivity index (χ0n) is 9.60. The largest absolute Gasteiger partial charge is 0.393 e. The molecule has 1 aromatic carbocycles. The SMILES string of the molecule is Cc1cc(N)c([N+](=O)[O-])cc1C(=O)NCC(N)=O. The third-order valence-corrected chi connectivity index (χ3v) is 2.24. The lowest BCUT2D eigenvalue weighted by Crippen LogP contribution is -2.33. The summed E-state index contributed by atoms with van der Waals surface area (Å²) in [4.78, 5) is 32.2. The number of hydrogen-bond acceptors (Lipinski definition) is 5. The molecule has 0 fully saturated rings. The Bertz CT molecular complexity index is 527. The fourth-order valence-corrected chi connectivity index (χ4v) is 1.38. The van der Waals surface area contributed by atoms with Gasteiger partial charge in [-0.3, -0.25) is 19.7 Å². The van der Waals surface area contributed by atoms with Crippen LogP contribution in [-0.4, -0.2) is 23.3 Å². The zero-order chi connectivity index (χ0) is 13.9. The van der Waals surface area contributed by atoms with Crippen molar-refractivity contribution in [2.45, 2.75) is 6.92 Å². The summed E-state index contributed by atoms with van der Waals surface area (Å²) in [6.45, 7) is 1.25. The van der Waals surface area contributed by atoms with Gasteiger partial charge in [-0.25, -0.2) is 0 Å². The molecule has 0 atom stereocenters. The van der Waals surface area contributed by atoms with E-state index in [9.17, 15) is 19.7 Å². The molecular formula is C10H12N4O4. The molecule has 0 unspecified atom stereocenters. The number of carbonyl (C=O) groups is 2. The van der Waals surface area contributed by atoms with Gasteiger partial charge in [-0.1, -0.05) is 0 Å². The Morgan fingerprint density at radius 3 is 2.56 bits per heavy atom. The van der Waals surface area contributed by atoms with Gasteiger partial charge in [-0.2, -0.15) is 0 Å². The molecule has 5 N–H and O–H groups in total. The molecule has 0 radical (unpaired) electrons. The average Bonchev–Trinajstić information content (AvgIpc) is 2.25. The summed E-state index contributed by atoms with van der Waals surface area (Å²) < 4.78 is 0. The summed E-state index contributed by atoms with van der Waals surface area (Å²) in [7, 11) is 0. The van der Waals surface area contributed by atoms with E-state index in [1.165, 1.54) is 6.07 Å². The van der Waals surface area contributed by atoms with Gasteiger partial charge in [0.25, 0.3) is 11.6 Å². The fraction of sp³-hybridized carbons (Fsp3) is 0.200. The predicted molar refractivity (Wildman–Crippen MR) is 63.8 cm³/mol. The molecule has 0 aliphatic carbocycles. The number of nitrogens with zero attached hydrogens (tertiary/aromatic N) is 1. The maximum Gasteiger partial charge on any atom is 0.292 e.